The van der Waals surface area contributed by atoms with Gasteiger partial charge < -0.3 is 22.4 Å². The van der Waals surface area contributed by atoms with E-state index >= 15 is 0 Å². The van der Waals surface area contributed by atoms with Crippen molar-refractivity contribution in [1.29, 1.82) is 0 Å². The van der Waals surface area contributed by atoms with Crippen LogP contribution in [0.15, 0.2) is 474 Å². The maximum atomic E-state index is 6.27. The van der Waals surface area contributed by atoms with Gasteiger partial charge in [0, 0.05) is 121 Å². The van der Waals surface area contributed by atoms with Crippen molar-refractivity contribution in [2.24, 2.45) is 0 Å². The van der Waals surface area contributed by atoms with Crippen LogP contribution in [-0.2, 0) is 0 Å². The monoisotopic (exact) mass is 1770 g/mol. The van der Waals surface area contributed by atoms with Crippen LogP contribution in [0.3, 0.4) is 0 Å². The fourth-order valence-electron chi connectivity index (χ4n) is 19.4. The molecule has 0 aliphatic heterocycles. The SMILES string of the molecule is c1ccc(-c2ccc3c(c2)c2cc(-c4ccccc4)ccc2n3-c2nc(-c3ccccc3)nc(-c3ccc4c(c3)oc3ccccc34)n2)cc1.c1ccc(-c2nc(-c3ccc(-n4c5ccccc5c5ccccc54)cc3)nc(-c3ccc4c(c3)oc3ccccc34)n2)cc1.c1ccc(-c2nc(-c3cccc(-n4c5ccccc5c5ccccc54)c3)nc(-c3ccc4c(c3)oc3ccccc34)n2)cc1. The summed E-state index contributed by atoms with van der Waals surface area (Å²) in [6.07, 6.45) is 0. The van der Waals surface area contributed by atoms with E-state index in [1.54, 1.807) is 0 Å². The van der Waals surface area contributed by atoms with Crippen LogP contribution >= 0.6 is 0 Å². The Morgan fingerprint density at radius 1 is 0.130 bits per heavy atom. The third-order valence-electron chi connectivity index (χ3n) is 26.0. The number of benzene rings is 19. The highest BCUT2D eigenvalue weighted by Gasteiger charge is 2.25. The second-order valence-corrected chi connectivity index (χ2v) is 34.3. The molecule has 0 atom stereocenters. The molecule has 0 amide bonds. The van der Waals surface area contributed by atoms with Crippen molar-refractivity contribution in [2.75, 3.05) is 0 Å². The highest BCUT2D eigenvalue weighted by molar-refractivity contribution is 6.14. The Morgan fingerprint density at radius 3 is 0.739 bits per heavy atom. The number of furan rings is 3. The summed E-state index contributed by atoms with van der Waals surface area (Å²) < 4.78 is 25.4. The number of hydrogen-bond donors (Lipinski definition) is 0. The molecule has 0 radical (unpaired) electrons. The van der Waals surface area contributed by atoms with E-state index in [1.807, 2.05) is 164 Å². The molecule has 0 fully saturated rings. The van der Waals surface area contributed by atoms with Crippen molar-refractivity contribution < 1.29 is 13.3 Å². The van der Waals surface area contributed by atoms with Crippen molar-refractivity contribution >= 4 is 131 Å². The van der Waals surface area contributed by atoms with Gasteiger partial charge in [0.25, 0.3) is 0 Å². The number of rotatable bonds is 13. The molecular weight excluding hydrogens is 1690 g/mol. The van der Waals surface area contributed by atoms with E-state index in [4.69, 9.17) is 58.1 Å². The minimum atomic E-state index is 0.554. The van der Waals surface area contributed by atoms with Crippen LogP contribution in [-0.4, -0.2) is 58.6 Å². The van der Waals surface area contributed by atoms with Gasteiger partial charge in [0.05, 0.1) is 33.1 Å². The Kier molecular flexibility index (Phi) is 19.5. The normalized spacial score (nSPS) is 11.6. The summed E-state index contributed by atoms with van der Waals surface area (Å²) >= 11 is 0. The molecule has 28 aromatic rings. The van der Waals surface area contributed by atoms with Crippen LogP contribution in [0.4, 0.5) is 0 Å². The largest absolute Gasteiger partial charge is 0.456 e. The predicted octanol–water partition coefficient (Wildman–Crippen LogP) is 31.3. The molecule has 646 valence electrons. The lowest BCUT2D eigenvalue weighted by Gasteiger charge is -2.11. The Bertz CT molecular complexity index is 9400. The van der Waals surface area contributed by atoms with Crippen molar-refractivity contribution in [3.63, 3.8) is 0 Å². The maximum Gasteiger partial charge on any atom is 0.238 e. The molecule has 19 aromatic carbocycles. The van der Waals surface area contributed by atoms with E-state index in [0.29, 0.717) is 52.5 Å². The van der Waals surface area contributed by atoms with Crippen LogP contribution in [0, 0.1) is 0 Å². The van der Waals surface area contributed by atoms with Crippen molar-refractivity contribution in [2.45, 2.75) is 0 Å². The van der Waals surface area contributed by atoms with E-state index in [-0.39, 0.29) is 0 Å². The van der Waals surface area contributed by atoms with Crippen molar-refractivity contribution in [1.82, 2.24) is 58.6 Å². The first-order valence-corrected chi connectivity index (χ1v) is 45.9. The van der Waals surface area contributed by atoms with Crippen molar-refractivity contribution in [3.8, 4) is 131 Å². The predicted molar refractivity (Wildman–Crippen MR) is 559 cm³/mol. The average Bonchev–Trinajstić information content (AvgIpc) is 1.57. The van der Waals surface area contributed by atoms with Crippen LogP contribution in [0.1, 0.15) is 0 Å². The highest BCUT2D eigenvalue weighted by Crippen LogP contribution is 2.43. The molecule has 9 heterocycles. The molecule has 138 heavy (non-hydrogen) atoms. The summed E-state index contributed by atoms with van der Waals surface area (Å²) in [6, 6.07) is 158. The Morgan fingerprint density at radius 2 is 0.377 bits per heavy atom. The molecule has 0 saturated heterocycles. The average molecular weight is 1770 g/mol. The second-order valence-electron chi connectivity index (χ2n) is 34.3. The zero-order valence-electron chi connectivity index (χ0n) is 74.0. The smallest absolute Gasteiger partial charge is 0.238 e. The molecule has 0 aliphatic carbocycles. The lowest BCUT2D eigenvalue weighted by Crippen LogP contribution is -2.06. The topological polar surface area (TPSA) is 170 Å². The zero-order chi connectivity index (χ0) is 91.1. The van der Waals surface area contributed by atoms with Crippen LogP contribution in [0.2, 0.25) is 0 Å². The molecule has 0 aliphatic rings. The van der Waals surface area contributed by atoms with E-state index < -0.39 is 0 Å². The van der Waals surface area contributed by atoms with Gasteiger partial charge >= 0.3 is 0 Å². The summed E-state index contributed by atoms with van der Waals surface area (Å²) in [5.41, 5.74) is 25.7. The van der Waals surface area contributed by atoms with Gasteiger partial charge in [-0.25, -0.2) is 34.9 Å². The standard InChI is InChI=1S/C45H28N4O.2C39H24N4O/c1-4-12-29(13-5-1)32-21-24-39-37(26-32)38-27-33(30-14-6-2-7-15-30)22-25-40(38)49(39)45-47-43(31-16-8-3-9-17-31)46-44(48-45)34-20-23-36-35-18-10-11-19-41(35)50-42(36)28-34;1-2-11-25(12-3-1)37-40-38(42-39(41-37)27-21-22-32-31-17-6-9-20-35(31)44-36(32)24-27)26-13-10-14-28(23-26)43-33-18-7-4-15-29(33)30-16-5-8-19-34(30)43;1-2-10-25(11-3-1)37-40-38(42-39(41-37)27-20-23-32-31-14-6-9-17-35(31)44-36(32)24-27)26-18-21-28(22-19-26)43-33-15-7-4-12-29(33)30-13-5-8-16-34(30)43/h1-28H;2*1-24H. The highest BCUT2D eigenvalue weighted by atomic mass is 16.3. The molecule has 9 aromatic heterocycles. The summed E-state index contributed by atoms with van der Waals surface area (Å²) in [5, 5.41) is 13.7. The van der Waals surface area contributed by atoms with E-state index in [9.17, 15) is 0 Å². The quantitative estimate of drug-likeness (QED) is 0.107. The number of hydrogen-bond acceptors (Lipinski definition) is 12. The Balaban J connectivity index is 0.000000107. The van der Waals surface area contributed by atoms with Gasteiger partial charge in [0.1, 0.15) is 33.5 Å². The van der Waals surface area contributed by atoms with Gasteiger partial charge in [0.15, 0.2) is 46.6 Å². The molecule has 15 nitrogen and oxygen atoms in total. The summed E-state index contributed by atoms with van der Waals surface area (Å²) in [7, 11) is 0. The van der Waals surface area contributed by atoms with Crippen LogP contribution in [0.25, 0.3) is 262 Å². The van der Waals surface area contributed by atoms with Gasteiger partial charge in [-0.1, -0.05) is 322 Å². The molecule has 15 heteroatoms. The van der Waals surface area contributed by atoms with E-state index in [2.05, 4.69) is 311 Å². The van der Waals surface area contributed by atoms with E-state index in [0.717, 1.165) is 166 Å². The third kappa shape index (κ3) is 14.4. The van der Waals surface area contributed by atoms with Gasteiger partial charge in [-0.2, -0.15) is 9.97 Å². The van der Waals surface area contributed by atoms with Gasteiger partial charge in [0.2, 0.25) is 5.95 Å². The molecule has 0 unspecified atom stereocenters. The van der Waals surface area contributed by atoms with Gasteiger partial charge in [-0.05, 0) is 162 Å². The fourth-order valence-corrected chi connectivity index (χ4v) is 19.4. The number of fused-ring (bicyclic) bond motifs is 18. The first-order valence-electron chi connectivity index (χ1n) is 45.9. The molecule has 0 N–H and O–H groups in total. The van der Waals surface area contributed by atoms with Crippen molar-refractivity contribution in [3.05, 3.63) is 461 Å². The number of aromatic nitrogens is 12. The first kappa shape index (κ1) is 79.9. The minimum absolute atomic E-state index is 0.554. The lowest BCUT2D eigenvalue weighted by molar-refractivity contribution is 0.668. The Hall–Kier alpha value is -19.0. The molecule has 28 rings (SSSR count). The summed E-state index contributed by atoms with van der Waals surface area (Å²) in [5.74, 6) is 5.41. The number of para-hydroxylation sites is 7. The Labute approximate surface area is 789 Å². The minimum Gasteiger partial charge on any atom is -0.456 e. The van der Waals surface area contributed by atoms with Gasteiger partial charge in [-0.15, -0.1) is 0 Å². The molecule has 0 saturated carbocycles. The van der Waals surface area contributed by atoms with Crippen LogP contribution in [0.5, 0.6) is 0 Å². The lowest BCUT2D eigenvalue weighted by atomic mass is 10.0. The maximum absolute atomic E-state index is 6.27. The molecule has 0 spiro atoms. The summed E-state index contributed by atoms with van der Waals surface area (Å²) in [6.45, 7) is 0. The molecule has 0 bridgehead atoms. The second kappa shape index (κ2) is 33.7. The van der Waals surface area contributed by atoms with Gasteiger partial charge in [-0.3, -0.25) is 4.57 Å². The summed E-state index contributed by atoms with van der Waals surface area (Å²) in [4.78, 5) is 45.2. The fraction of sp³-hybridized carbons (Fsp3) is 0. The molecular formula is C123H76N12O3. The number of nitrogens with zero attached hydrogens (tertiary/aromatic N) is 12. The van der Waals surface area contributed by atoms with E-state index in [1.165, 1.54) is 43.7 Å². The zero-order valence-corrected chi connectivity index (χ0v) is 74.0. The van der Waals surface area contributed by atoms with Crippen LogP contribution < -0.4 is 0 Å². The first-order chi connectivity index (χ1) is 68.4. The third-order valence-corrected chi connectivity index (χ3v) is 26.0.